The molecule has 0 saturated carbocycles. The number of rotatable bonds is 2. The monoisotopic (exact) mass is 291 g/mol. The van der Waals surface area contributed by atoms with Crippen LogP contribution < -0.4 is 0 Å². The Hall–Kier alpha value is -2.90. The molecule has 0 aliphatic carbocycles. The Morgan fingerprint density at radius 3 is 2.05 bits per heavy atom. The van der Waals surface area contributed by atoms with E-state index in [0.29, 0.717) is 11.1 Å². The van der Waals surface area contributed by atoms with Gasteiger partial charge >= 0.3 is 0 Å². The predicted molar refractivity (Wildman–Crippen MR) is 81.1 cm³/mol. The minimum absolute atomic E-state index is 0.184. The maximum atomic E-state index is 12.3. The first kappa shape index (κ1) is 14.1. The fourth-order valence-electron chi connectivity index (χ4n) is 2.40. The Bertz CT molecular complexity index is 762. The molecule has 1 aliphatic rings. The summed E-state index contributed by atoms with van der Waals surface area (Å²) in [5.41, 5.74) is 2.54. The molecule has 0 unspecified atom stereocenters. The largest absolute Gasteiger partial charge is 0.384 e. The summed E-state index contributed by atoms with van der Waals surface area (Å²) in [5.74, 6) is 4.85. The third kappa shape index (κ3) is 2.50. The first-order valence-corrected chi connectivity index (χ1v) is 6.84. The van der Waals surface area contributed by atoms with E-state index in [-0.39, 0.29) is 25.0 Å². The maximum Gasteiger partial charge on any atom is 0.261 e. The number of hydrogen-bond donors (Lipinski definition) is 1. The molecule has 0 saturated heterocycles. The second-order valence-corrected chi connectivity index (χ2v) is 4.90. The Morgan fingerprint density at radius 2 is 1.50 bits per heavy atom. The van der Waals surface area contributed by atoms with Crippen LogP contribution in [-0.4, -0.2) is 28.4 Å². The number of aliphatic hydroxyl groups is 1. The summed E-state index contributed by atoms with van der Waals surface area (Å²) >= 11 is 0. The van der Waals surface area contributed by atoms with Crippen LogP contribution >= 0.6 is 0 Å². The lowest BCUT2D eigenvalue weighted by atomic mass is 10.1. The van der Waals surface area contributed by atoms with Gasteiger partial charge < -0.3 is 5.11 Å². The number of carbonyl (C=O) groups is 2. The van der Waals surface area contributed by atoms with Gasteiger partial charge in [-0.2, -0.15) is 0 Å². The number of carbonyl (C=O) groups excluding carboxylic acids is 2. The van der Waals surface area contributed by atoms with Crippen LogP contribution in [-0.2, 0) is 6.54 Å². The van der Waals surface area contributed by atoms with Crippen LogP contribution in [0.3, 0.4) is 0 Å². The van der Waals surface area contributed by atoms with Crippen molar-refractivity contribution in [2.75, 3.05) is 6.61 Å². The predicted octanol–water partition coefficient (Wildman–Crippen LogP) is 1.83. The van der Waals surface area contributed by atoms with Gasteiger partial charge in [-0.1, -0.05) is 36.1 Å². The molecule has 0 aromatic heterocycles. The van der Waals surface area contributed by atoms with E-state index < -0.39 is 0 Å². The van der Waals surface area contributed by atoms with Crippen LogP contribution in [0.5, 0.6) is 0 Å². The standard InChI is InChI=1S/C18H13NO3/c20-11-3-4-13-7-9-14(10-8-13)12-19-17(21)15-5-1-2-6-16(15)18(19)22/h1-2,5-10,20H,11-12H2. The minimum atomic E-state index is -0.259. The number of amides is 2. The molecule has 2 aromatic carbocycles. The van der Waals surface area contributed by atoms with Crippen LogP contribution in [0.15, 0.2) is 48.5 Å². The molecule has 0 fully saturated rings. The fraction of sp³-hybridized carbons (Fsp3) is 0.111. The van der Waals surface area contributed by atoms with Gasteiger partial charge in [0.25, 0.3) is 11.8 Å². The number of aliphatic hydroxyl groups excluding tert-OH is 1. The smallest absolute Gasteiger partial charge is 0.261 e. The van der Waals surface area contributed by atoms with Crippen molar-refractivity contribution in [3.63, 3.8) is 0 Å². The van der Waals surface area contributed by atoms with Crippen molar-refractivity contribution in [1.82, 2.24) is 4.90 Å². The lowest BCUT2D eigenvalue weighted by Gasteiger charge is -2.13. The molecular weight excluding hydrogens is 278 g/mol. The van der Waals surface area contributed by atoms with E-state index in [1.165, 1.54) is 4.90 Å². The molecule has 3 rings (SSSR count). The summed E-state index contributed by atoms with van der Waals surface area (Å²) in [6, 6.07) is 14.1. The van der Waals surface area contributed by atoms with Crippen molar-refractivity contribution in [1.29, 1.82) is 0 Å². The Balaban J connectivity index is 1.80. The van der Waals surface area contributed by atoms with Gasteiger partial charge in [-0.3, -0.25) is 14.5 Å². The summed E-state index contributed by atoms with van der Waals surface area (Å²) in [6.45, 7) is 0.0524. The molecule has 1 heterocycles. The van der Waals surface area contributed by atoms with Gasteiger partial charge in [-0.05, 0) is 29.8 Å². The summed E-state index contributed by atoms with van der Waals surface area (Å²) in [6.07, 6.45) is 0. The summed E-state index contributed by atoms with van der Waals surface area (Å²) in [5, 5.41) is 8.66. The molecule has 1 N–H and O–H groups in total. The zero-order valence-corrected chi connectivity index (χ0v) is 11.7. The van der Waals surface area contributed by atoms with E-state index in [1.807, 2.05) is 12.1 Å². The molecule has 4 nitrogen and oxygen atoms in total. The first-order chi connectivity index (χ1) is 10.7. The molecule has 2 aromatic rings. The summed E-state index contributed by atoms with van der Waals surface area (Å²) in [4.78, 5) is 25.8. The minimum Gasteiger partial charge on any atom is -0.384 e. The topological polar surface area (TPSA) is 57.6 Å². The highest BCUT2D eigenvalue weighted by atomic mass is 16.2. The lowest BCUT2D eigenvalue weighted by Crippen LogP contribution is -2.29. The van der Waals surface area contributed by atoms with Crippen molar-refractivity contribution >= 4 is 11.8 Å². The van der Waals surface area contributed by atoms with Gasteiger partial charge in [0.15, 0.2) is 0 Å². The molecule has 0 bridgehead atoms. The van der Waals surface area contributed by atoms with E-state index in [4.69, 9.17) is 5.11 Å². The molecule has 22 heavy (non-hydrogen) atoms. The number of hydrogen-bond acceptors (Lipinski definition) is 3. The van der Waals surface area contributed by atoms with Gasteiger partial charge in [-0.25, -0.2) is 0 Å². The van der Waals surface area contributed by atoms with E-state index in [9.17, 15) is 9.59 Å². The second-order valence-electron chi connectivity index (χ2n) is 4.90. The Kier molecular flexibility index (Phi) is 3.73. The Morgan fingerprint density at radius 1 is 0.909 bits per heavy atom. The highest BCUT2D eigenvalue weighted by Crippen LogP contribution is 2.24. The highest BCUT2D eigenvalue weighted by molar-refractivity contribution is 6.21. The number of nitrogens with zero attached hydrogens (tertiary/aromatic N) is 1. The van der Waals surface area contributed by atoms with Crippen LogP contribution in [0.2, 0.25) is 0 Å². The average Bonchev–Trinajstić information content (AvgIpc) is 2.80. The van der Waals surface area contributed by atoms with Crippen LogP contribution in [0, 0.1) is 11.8 Å². The average molecular weight is 291 g/mol. The van der Waals surface area contributed by atoms with Gasteiger partial charge in [0, 0.05) is 5.56 Å². The van der Waals surface area contributed by atoms with Crippen molar-refractivity contribution in [2.45, 2.75) is 6.54 Å². The number of imide groups is 1. The summed E-state index contributed by atoms with van der Waals surface area (Å²) in [7, 11) is 0. The molecule has 4 heteroatoms. The van der Waals surface area contributed by atoms with Crippen molar-refractivity contribution in [2.24, 2.45) is 0 Å². The molecule has 0 atom stereocenters. The normalized spacial score (nSPS) is 12.9. The van der Waals surface area contributed by atoms with Gasteiger partial charge in [0.1, 0.15) is 6.61 Å². The number of benzene rings is 2. The molecule has 2 amide bonds. The van der Waals surface area contributed by atoms with Crippen molar-refractivity contribution < 1.29 is 14.7 Å². The highest BCUT2D eigenvalue weighted by Gasteiger charge is 2.34. The van der Waals surface area contributed by atoms with Gasteiger partial charge in [0.2, 0.25) is 0 Å². The fourth-order valence-corrected chi connectivity index (χ4v) is 2.40. The number of fused-ring (bicyclic) bond motifs is 1. The van der Waals surface area contributed by atoms with E-state index in [1.54, 1.807) is 36.4 Å². The van der Waals surface area contributed by atoms with Crippen molar-refractivity contribution in [3.05, 3.63) is 70.8 Å². The molecule has 0 radical (unpaired) electrons. The van der Waals surface area contributed by atoms with Crippen LogP contribution in [0.1, 0.15) is 31.8 Å². The zero-order chi connectivity index (χ0) is 15.5. The van der Waals surface area contributed by atoms with Crippen LogP contribution in [0.25, 0.3) is 0 Å². The van der Waals surface area contributed by atoms with Gasteiger partial charge in [-0.15, -0.1) is 0 Å². The third-order valence-corrected chi connectivity index (χ3v) is 3.48. The SMILES string of the molecule is O=C1c2ccccc2C(=O)N1Cc1ccc(C#CCO)cc1. The van der Waals surface area contributed by atoms with Crippen LogP contribution in [0.4, 0.5) is 0 Å². The quantitative estimate of drug-likeness (QED) is 0.678. The van der Waals surface area contributed by atoms with Crippen molar-refractivity contribution in [3.8, 4) is 11.8 Å². The van der Waals surface area contributed by atoms with E-state index in [2.05, 4.69) is 11.8 Å². The molecular formula is C18H13NO3. The maximum absolute atomic E-state index is 12.3. The zero-order valence-electron chi connectivity index (χ0n) is 11.7. The molecule has 108 valence electrons. The second kappa shape index (κ2) is 5.84. The third-order valence-electron chi connectivity index (χ3n) is 3.48. The molecule has 0 spiro atoms. The first-order valence-electron chi connectivity index (χ1n) is 6.84. The lowest BCUT2D eigenvalue weighted by molar-refractivity contribution is 0.0642. The van der Waals surface area contributed by atoms with E-state index in [0.717, 1.165) is 11.1 Å². The van der Waals surface area contributed by atoms with Gasteiger partial charge in [0.05, 0.1) is 17.7 Å². The molecule has 1 aliphatic heterocycles. The summed E-state index contributed by atoms with van der Waals surface area (Å²) < 4.78 is 0. The Labute approximate surface area is 128 Å². The van der Waals surface area contributed by atoms with E-state index >= 15 is 0 Å².